The molecular weight excluding hydrogens is 358 g/mol. The summed E-state index contributed by atoms with van der Waals surface area (Å²) < 4.78 is 38.8. The number of rotatable bonds is 8. The van der Waals surface area contributed by atoms with E-state index in [2.05, 4.69) is 15.9 Å². The highest BCUT2D eigenvalue weighted by molar-refractivity contribution is 9.12. The maximum atomic E-state index is 12.7. The molecule has 19 heavy (non-hydrogen) atoms. The molecule has 0 heterocycles. The molecule has 0 aliphatic carbocycles. The van der Waals surface area contributed by atoms with Crippen molar-refractivity contribution in [2.45, 2.75) is 64.2 Å². The molecule has 0 bridgehead atoms. The van der Waals surface area contributed by atoms with E-state index in [0.29, 0.717) is 0 Å². The summed E-state index contributed by atoms with van der Waals surface area (Å²) in [4.78, 5) is 9.87. The lowest BCUT2D eigenvalue weighted by Gasteiger charge is -2.29. The highest BCUT2D eigenvalue weighted by atomic mass is 79.9. The van der Waals surface area contributed by atoms with Crippen molar-refractivity contribution in [2.24, 2.45) is 0 Å². The first-order valence-electron chi connectivity index (χ1n) is 6.02. The fourth-order valence-corrected chi connectivity index (χ4v) is 6.16. The van der Waals surface area contributed by atoms with Crippen molar-refractivity contribution in [3.63, 3.8) is 0 Å². The van der Waals surface area contributed by atoms with Gasteiger partial charge in [-0.25, -0.2) is 0 Å². The van der Waals surface area contributed by atoms with E-state index in [1.54, 1.807) is 41.5 Å². The van der Waals surface area contributed by atoms with Gasteiger partial charge in [0.15, 0.2) is 0 Å². The minimum atomic E-state index is -4.17. The summed E-state index contributed by atoms with van der Waals surface area (Å²) in [6, 6.07) is 0. The molecule has 2 unspecified atom stereocenters. The summed E-state index contributed by atoms with van der Waals surface area (Å²) in [5.74, 6) is 0. The van der Waals surface area contributed by atoms with Crippen LogP contribution in [0.15, 0.2) is 0 Å². The van der Waals surface area contributed by atoms with Crippen molar-refractivity contribution in [2.75, 3.05) is 0 Å². The van der Waals surface area contributed by atoms with Crippen LogP contribution in [0.25, 0.3) is 0 Å². The topological polar surface area (TPSA) is 82.1 Å². The van der Waals surface area contributed by atoms with E-state index in [1.165, 1.54) is 0 Å². The summed E-state index contributed by atoms with van der Waals surface area (Å²) in [6.45, 7) is 9.90. The first-order chi connectivity index (χ1) is 8.40. The van der Waals surface area contributed by atoms with Crippen molar-refractivity contribution in [1.29, 1.82) is 0 Å². The summed E-state index contributed by atoms with van der Waals surface area (Å²) in [5, 5.41) is 0. The minimum absolute atomic E-state index is 0.413. The second kappa shape index (κ2) is 7.69. The zero-order valence-corrected chi connectivity index (χ0v) is 15.4. The van der Waals surface area contributed by atoms with E-state index >= 15 is 0 Å². The number of hydrogen-bond acceptors (Lipinski definition) is 5. The van der Waals surface area contributed by atoms with Crippen LogP contribution in [0.3, 0.4) is 0 Å². The van der Waals surface area contributed by atoms with Crippen LogP contribution in [0, 0.1) is 0 Å². The summed E-state index contributed by atoms with van der Waals surface area (Å²) >= 11 is 2.96. The van der Waals surface area contributed by atoms with Gasteiger partial charge in [0, 0.05) is 0 Å². The molecule has 2 atom stereocenters. The molecule has 0 aliphatic heterocycles. The third kappa shape index (κ3) is 6.85. The lowest BCUT2D eigenvalue weighted by atomic mass is 10.5. The van der Waals surface area contributed by atoms with Crippen molar-refractivity contribution >= 4 is 31.1 Å². The van der Waals surface area contributed by atoms with Gasteiger partial charge in [-0.05, 0) is 41.5 Å². The van der Waals surface area contributed by atoms with Gasteiger partial charge in [-0.3, -0.25) is 9.13 Å². The number of alkyl halides is 1. The minimum Gasteiger partial charge on any atom is -0.323 e. The maximum Gasteiger partial charge on any atom is 0.356 e. The lowest BCUT2D eigenvalue weighted by molar-refractivity contribution is 0.141. The predicted octanol–water partition coefficient (Wildman–Crippen LogP) is 4.32. The molecule has 0 saturated heterocycles. The zero-order chi connectivity index (χ0) is 15.4. The Morgan fingerprint density at radius 2 is 1.16 bits per heavy atom. The molecule has 0 aromatic heterocycles. The molecular formula is C10H23BrO6P2. The molecule has 1 N–H and O–H groups in total. The van der Waals surface area contributed by atoms with Gasteiger partial charge in [0.1, 0.15) is 0 Å². The second-order valence-corrected chi connectivity index (χ2v) is 11.5. The van der Waals surface area contributed by atoms with Crippen molar-refractivity contribution in [3.05, 3.63) is 0 Å². The molecule has 0 amide bonds. The molecule has 0 rings (SSSR count). The average Bonchev–Trinajstić information content (AvgIpc) is 2.11. The van der Waals surface area contributed by atoms with Crippen LogP contribution >= 0.6 is 31.1 Å². The average molecular weight is 381 g/mol. The van der Waals surface area contributed by atoms with Gasteiger partial charge >= 0.3 is 15.2 Å². The van der Waals surface area contributed by atoms with E-state index in [9.17, 15) is 14.0 Å². The molecule has 0 aromatic carbocycles. The summed E-state index contributed by atoms with van der Waals surface area (Å²) in [5.41, 5.74) is 0. The molecule has 0 aromatic rings. The third-order valence-corrected chi connectivity index (χ3v) is 9.60. The highest BCUT2D eigenvalue weighted by Crippen LogP contribution is 2.71. The van der Waals surface area contributed by atoms with Crippen molar-refractivity contribution < 1.29 is 27.6 Å². The second-order valence-electron chi connectivity index (χ2n) is 4.88. The molecule has 6 nitrogen and oxygen atoms in total. The Morgan fingerprint density at radius 3 is 1.42 bits per heavy atom. The van der Waals surface area contributed by atoms with E-state index in [-0.39, 0.29) is 0 Å². The zero-order valence-electron chi connectivity index (χ0n) is 12.1. The molecule has 0 radical (unpaired) electrons. The molecule has 0 spiro atoms. The quantitative estimate of drug-likeness (QED) is 0.498. The fraction of sp³-hybridized carbons (Fsp3) is 1.00. The smallest absolute Gasteiger partial charge is 0.323 e. The SMILES string of the molecule is CC(C)OP(=O)(O)C(Br)P(=O)(OC(C)C)OC(C)C. The molecule has 9 heteroatoms. The Bertz CT molecular complexity index is 357. The normalized spacial score (nSPS) is 18.1. The predicted molar refractivity (Wildman–Crippen MR) is 78.8 cm³/mol. The third-order valence-electron chi connectivity index (χ3n) is 1.61. The van der Waals surface area contributed by atoms with Crippen LogP contribution in [-0.2, 0) is 22.7 Å². The lowest BCUT2D eigenvalue weighted by Crippen LogP contribution is -2.16. The van der Waals surface area contributed by atoms with Gasteiger partial charge in [0.2, 0.25) is 4.31 Å². The Balaban J connectivity index is 5.26. The summed E-state index contributed by atoms with van der Waals surface area (Å²) in [6.07, 6.45) is -1.31. The van der Waals surface area contributed by atoms with Crippen LogP contribution in [0.2, 0.25) is 0 Å². The van der Waals surface area contributed by atoms with E-state index in [4.69, 9.17) is 13.6 Å². The first kappa shape index (κ1) is 19.8. The van der Waals surface area contributed by atoms with Gasteiger partial charge in [0.05, 0.1) is 18.3 Å². The molecule has 0 aliphatic rings. The van der Waals surface area contributed by atoms with Crippen LogP contribution in [0.1, 0.15) is 41.5 Å². The van der Waals surface area contributed by atoms with Crippen molar-refractivity contribution in [3.8, 4) is 0 Å². The standard InChI is InChI=1S/C10H23BrO6P2/c1-7(2)15-18(12,13)10(11)19(14,16-8(3)4)17-9(5)6/h7-10H,1-6H3,(H,12,13). The van der Waals surface area contributed by atoms with Crippen LogP contribution < -0.4 is 0 Å². The van der Waals surface area contributed by atoms with Gasteiger partial charge < -0.3 is 18.5 Å². The van der Waals surface area contributed by atoms with E-state index in [0.717, 1.165) is 0 Å². The van der Waals surface area contributed by atoms with E-state index < -0.39 is 37.8 Å². The molecule has 116 valence electrons. The van der Waals surface area contributed by atoms with Gasteiger partial charge in [-0.15, -0.1) is 0 Å². The van der Waals surface area contributed by atoms with Crippen LogP contribution in [0.5, 0.6) is 0 Å². The highest BCUT2D eigenvalue weighted by Gasteiger charge is 2.49. The van der Waals surface area contributed by atoms with Crippen molar-refractivity contribution in [1.82, 2.24) is 0 Å². The first-order valence-corrected chi connectivity index (χ1v) is 10.2. The van der Waals surface area contributed by atoms with E-state index in [1.807, 2.05) is 0 Å². The Hall–Kier alpha value is 0.780. The van der Waals surface area contributed by atoms with Gasteiger partial charge in [-0.1, -0.05) is 15.9 Å². The largest absolute Gasteiger partial charge is 0.356 e. The van der Waals surface area contributed by atoms with Gasteiger partial charge in [0.25, 0.3) is 0 Å². The number of hydrogen-bond donors (Lipinski definition) is 1. The Kier molecular flexibility index (Phi) is 8.01. The van der Waals surface area contributed by atoms with Crippen LogP contribution in [0.4, 0.5) is 0 Å². The molecule has 0 saturated carbocycles. The molecule has 0 fully saturated rings. The number of halogens is 1. The Morgan fingerprint density at radius 1 is 0.842 bits per heavy atom. The fourth-order valence-electron chi connectivity index (χ4n) is 1.24. The summed E-state index contributed by atoms with van der Waals surface area (Å²) in [7, 11) is -7.99. The van der Waals surface area contributed by atoms with Gasteiger partial charge in [-0.2, -0.15) is 0 Å². The maximum absolute atomic E-state index is 12.7. The van der Waals surface area contributed by atoms with Crippen LogP contribution in [-0.4, -0.2) is 27.5 Å². The monoisotopic (exact) mass is 380 g/mol. The Labute approximate surface area is 123 Å².